The highest BCUT2D eigenvalue weighted by Crippen LogP contribution is 2.22. The van der Waals surface area contributed by atoms with Gasteiger partial charge in [0, 0.05) is 18.1 Å². The van der Waals surface area contributed by atoms with E-state index in [2.05, 4.69) is 4.98 Å². The van der Waals surface area contributed by atoms with Gasteiger partial charge in [0.1, 0.15) is 5.75 Å². The first-order valence-corrected chi connectivity index (χ1v) is 4.42. The highest BCUT2D eigenvalue weighted by atomic mass is 16.5. The molecule has 0 fully saturated rings. The molecule has 1 aromatic heterocycles. The van der Waals surface area contributed by atoms with E-state index in [1.54, 1.807) is 33.4 Å². The number of pyridine rings is 1. The van der Waals surface area contributed by atoms with Crippen molar-refractivity contribution in [1.82, 2.24) is 4.98 Å². The minimum atomic E-state index is -0.406. The molecule has 4 heteroatoms. The minimum absolute atomic E-state index is 0.406. The molecule has 1 heterocycles. The summed E-state index contributed by atoms with van der Waals surface area (Å²) in [6.45, 7) is 1.73. The third kappa shape index (κ3) is 2.60. The molecule has 0 aliphatic carbocycles. The molecule has 0 spiro atoms. The average molecular weight is 197 g/mol. The van der Waals surface area contributed by atoms with Gasteiger partial charge in [0.05, 0.1) is 26.5 Å². The van der Waals surface area contributed by atoms with Crippen molar-refractivity contribution in [2.45, 2.75) is 19.4 Å². The number of methoxy groups -OCH3 is 2. The Labute approximate surface area is 83.5 Å². The lowest BCUT2D eigenvalue weighted by molar-refractivity contribution is 0.194. The maximum Gasteiger partial charge on any atom is 0.213 e. The van der Waals surface area contributed by atoms with E-state index in [-0.39, 0.29) is 0 Å². The summed E-state index contributed by atoms with van der Waals surface area (Å²) in [6, 6.07) is 1.77. The number of ether oxygens (including phenoxy) is 2. The van der Waals surface area contributed by atoms with Gasteiger partial charge in [-0.05, 0) is 6.92 Å². The van der Waals surface area contributed by atoms with Crippen molar-refractivity contribution in [2.75, 3.05) is 14.2 Å². The zero-order chi connectivity index (χ0) is 10.6. The normalized spacial score (nSPS) is 12.3. The second-order valence-electron chi connectivity index (χ2n) is 3.09. The van der Waals surface area contributed by atoms with Gasteiger partial charge in [0.2, 0.25) is 5.88 Å². The lowest BCUT2D eigenvalue weighted by Crippen LogP contribution is -2.06. The van der Waals surface area contributed by atoms with E-state index in [9.17, 15) is 5.11 Å². The van der Waals surface area contributed by atoms with Crippen LogP contribution in [0, 0.1) is 0 Å². The first kappa shape index (κ1) is 10.8. The van der Waals surface area contributed by atoms with E-state index in [1.165, 1.54) is 0 Å². The van der Waals surface area contributed by atoms with Gasteiger partial charge in [-0.15, -0.1) is 0 Å². The van der Waals surface area contributed by atoms with Crippen LogP contribution in [0.2, 0.25) is 0 Å². The first-order chi connectivity index (χ1) is 6.67. The molecule has 1 aromatic rings. The van der Waals surface area contributed by atoms with Crippen LogP contribution < -0.4 is 9.47 Å². The summed E-state index contributed by atoms with van der Waals surface area (Å²) in [5, 5.41) is 9.27. The number of hydrogen-bond donors (Lipinski definition) is 1. The number of hydrogen-bond acceptors (Lipinski definition) is 4. The zero-order valence-electron chi connectivity index (χ0n) is 8.65. The van der Waals surface area contributed by atoms with Crippen molar-refractivity contribution in [3.63, 3.8) is 0 Å². The molecule has 14 heavy (non-hydrogen) atoms. The van der Waals surface area contributed by atoms with Gasteiger partial charge in [-0.1, -0.05) is 0 Å². The molecule has 0 aromatic carbocycles. The molecule has 0 radical (unpaired) electrons. The highest BCUT2D eigenvalue weighted by Gasteiger charge is 2.08. The SMILES string of the molecule is COc1cc(C[C@H](C)O)c(OC)cn1. The Hall–Kier alpha value is -1.29. The van der Waals surface area contributed by atoms with Crippen molar-refractivity contribution >= 4 is 0 Å². The summed E-state index contributed by atoms with van der Waals surface area (Å²) in [4.78, 5) is 4.01. The van der Waals surface area contributed by atoms with E-state index >= 15 is 0 Å². The van der Waals surface area contributed by atoms with Crippen LogP contribution in [0.15, 0.2) is 12.3 Å². The average Bonchev–Trinajstić information content (AvgIpc) is 2.16. The first-order valence-electron chi connectivity index (χ1n) is 4.42. The largest absolute Gasteiger partial charge is 0.495 e. The molecule has 4 nitrogen and oxygen atoms in total. The van der Waals surface area contributed by atoms with Gasteiger partial charge in [0.15, 0.2) is 0 Å². The summed E-state index contributed by atoms with van der Waals surface area (Å²) in [7, 11) is 3.13. The summed E-state index contributed by atoms with van der Waals surface area (Å²) in [6.07, 6.45) is 1.72. The van der Waals surface area contributed by atoms with Gasteiger partial charge in [-0.25, -0.2) is 4.98 Å². The van der Waals surface area contributed by atoms with Gasteiger partial charge >= 0.3 is 0 Å². The van der Waals surface area contributed by atoms with E-state index in [0.717, 1.165) is 5.56 Å². The molecule has 0 saturated heterocycles. The Balaban J connectivity index is 2.96. The smallest absolute Gasteiger partial charge is 0.213 e. The van der Waals surface area contributed by atoms with Crippen LogP contribution in [0.25, 0.3) is 0 Å². The Bertz CT molecular complexity index is 299. The highest BCUT2D eigenvalue weighted by molar-refractivity contribution is 5.35. The molecule has 78 valence electrons. The van der Waals surface area contributed by atoms with Crippen LogP contribution >= 0.6 is 0 Å². The molecule has 1 atom stereocenters. The van der Waals surface area contributed by atoms with Gasteiger partial charge in [0.25, 0.3) is 0 Å². The van der Waals surface area contributed by atoms with Crippen molar-refractivity contribution < 1.29 is 14.6 Å². The predicted octanol–water partition coefficient (Wildman–Crippen LogP) is 1.02. The Morgan fingerprint density at radius 1 is 1.43 bits per heavy atom. The number of nitrogens with zero attached hydrogens (tertiary/aromatic N) is 1. The fourth-order valence-corrected chi connectivity index (χ4v) is 1.24. The maximum absolute atomic E-state index is 9.27. The van der Waals surface area contributed by atoms with Gasteiger partial charge < -0.3 is 14.6 Å². The van der Waals surface area contributed by atoms with Crippen LogP contribution in [-0.4, -0.2) is 30.4 Å². The third-order valence-electron chi connectivity index (χ3n) is 1.87. The Morgan fingerprint density at radius 3 is 2.64 bits per heavy atom. The zero-order valence-corrected chi connectivity index (χ0v) is 8.65. The van der Waals surface area contributed by atoms with E-state index in [4.69, 9.17) is 9.47 Å². The fourth-order valence-electron chi connectivity index (χ4n) is 1.24. The van der Waals surface area contributed by atoms with Gasteiger partial charge in [-0.3, -0.25) is 0 Å². The second-order valence-corrected chi connectivity index (χ2v) is 3.09. The summed E-state index contributed by atoms with van der Waals surface area (Å²) < 4.78 is 10.1. The summed E-state index contributed by atoms with van der Waals surface area (Å²) >= 11 is 0. The predicted molar refractivity (Wildman–Crippen MR) is 52.7 cm³/mol. The maximum atomic E-state index is 9.27. The number of rotatable bonds is 4. The summed E-state index contributed by atoms with van der Waals surface area (Å²) in [5.74, 6) is 1.20. The minimum Gasteiger partial charge on any atom is -0.495 e. The summed E-state index contributed by atoms with van der Waals surface area (Å²) in [5.41, 5.74) is 0.898. The lowest BCUT2D eigenvalue weighted by atomic mass is 10.1. The standard InChI is InChI=1S/C10H15NO3/c1-7(12)4-8-5-10(14-3)11-6-9(8)13-2/h5-7,12H,4H2,1-3H3/t7-/m0/s1. The van der Waals surface area contributed by atoms with E-state index in [0.29, 0.717) is 18.1 Å². The van der Waals surface area contributed by atoms with E-state index in [1.807, 2.05) is 0 Å². The van der Waals surface area contributed by atoms with Crippen LogP contribution in [0.1, 0.15) is 12.5 Å². The second kappa shape index (κ2) is 4.81. The van der Waals surface area contributed by atoms with Crippen LogP contribution in [0.3, 0.4) is 0 Å². The number of aliphatic hydroxyl groups excluding tert-OH is 1. The van der Waals surface area contributed by atoms with Crippen molar-refractivity contribution in [3.8, 4) is 11.6 Å². The number of aliphatic hydroxyl groups is 1. The fraction of sp³-hybridized carbons (Fsp3) is 0.500. The van der Waals surface area contributed by atoms with Crippen molar-refractivity contribution in [1.29, 1.82) is 0 Å². The van der Waals surface area contributed by atoms with Crippen molar-refractivity contribution in [3.05, 3.63) is 17.8 Å². The molecule has 0 bridgehead atoms. The Morgan fingerprint density at radius 2 is 2.14 bits per heavy atom. The molecule has 0 amide bonds. The van der Waals surface area contributed by atoms with Crippen molar-refractivity contribution in [2.24, 2.45) is 0 Å². The molecule has 0 aliphatic rings. The van der Waals surface area contributed by atoms with E-state index < -0.39 is 6.10 Å². The molecular formula is C10H15NO3. The lowest BCUT2D eigenvalue weighted by Gasteiger charge is -2.10. The molecule has 1 N–H and O–H groups in total. The molecular weight excluding hydrogens is 182 g/mol. The van der Waals surface area contributed by atoms with Crippen LogP contribution in [-0.2, 0) is 6.42 Å². The van der Waals surface area contributed by atoms with Crippen LogP contribution in [0.5, 0.6) is 11.6 Å². The molecule has 0 unspecified atom stereocenters. The number of aromatic nitrogens is 1. The third-order valence-corrected chi connectivity index (χ3v) is 1.87. The Kier molecular flexibility index (Phi) is 3.71. The molecule has 0 saturated carbocycles. The van der Waals surface area contributed by atoms with Gasteiger partial charge in [-0.2, -0.15) is 0 Å². The van der Waals surface area contributed by atoms with Crippen LogP contribution in [0.4, 0.5) is 0 Å². The monoisotopic (exact) mass is 197 g/mol. The molecule has 1 rings (SSSR count). The molecule has 0 aliphatic heterocycles. The quantitative estimate of drug-likeness (QED) is 0.783. The topological polar surface area (TPSA) is 51.6 Å².